The van der Waals surface area contributed by atoms with Crippen molar-refractivity contribution >= 4 is 17.2 Å². The molecular formula is C18H19ClN3O+. The molecule has 3 rings (SSSR count). The highest BCUT2D eigenvalue weighted by Gasteiger charge is 2.13. The lowest BCUT2D eigenvalue weighted by atomic mass is 10.1. The van der Waals surface area contributed by atoms with Crippen molar-refractivity contribution in [2.24, 2.45) is 0 Å². The first-order chi connectivity index (χ1) is 11.0. The quantitative estimate of drug-likeness (QED) is 0.800. The molecule has 0 saturated heterocycles. The number of pyridine rings is 1. The van der Waals surface area contributed by atoms with Crippen LogP contribution < -0.4 is 10.9 Å². The fraction of sp³-hybridized carbons (Fsp3) is 0.222. The molecule has 0 saturated carbocycles. The lowest BCUT2D eigenvalue weighted by Gasteiger charge is -2.12. The Morgan fingerprint density at radius 2 is 2.04 bits per heavy atom. The number of nitrogens with two attached hydrogens (primary N) is 1. The van der Waals surface area contributed by atoms with E-state index < -0.39 is 0 Å². The van der Waals surface area contributed by atoms with Crippen molar-refractivity contribution in [2.45, 2.75) is 26.4 Å². The molecule has 0 amide bonds. The molecule has 2 aromatic heterocycles. The lowest BCUT2D eigenvalue weighted by molar-refractivity contribution is -0.708. The van der Waals surface area contributed by atoms with Crippen LogP contribution in [0.4, 0.5) is 0 Å². The zero-order valence-corrected chi connectivity index (χ0v) is 13.9. The van der Waals surface area contributed by atoms with E-state index >= 15 is 0 Å². The van der Waals surface area contributed by atoms with Crippen LogP contribution in [0.15, 0.2) is 53.5 Å². The first kappa shape index (κ1) is 15.7. The van der Waals surface area contributed by atoms with Crippen molar-refractivity contribution in [3.63, 3.8) is 0 Å². The molecule has 1 atom stereocenters. The predicted molar refractivity (Wildman–Crippen MR) is 91.7 cm³/mol. The van der Waals surface area contributed by atoms with Gasteiger partial charge in [0.25, 0.3) is 5.56 Å². The number of fused-ring (bicyclic) bond motifs is 1. The van der Waals surface area contributed by atoms with Crippen molar-refractivity contribution in [3.05, 3.63) is 80.9 Å². The maximum Gasteiger partial charge on any atom is 0.258 e. The maximum absolute atomic E-state index is 12.2. The number of hydrogen-bond donors (Lipinski definition) is 1. The van der Waals surface area contributed by atoms with Gasteiger partial charge in [-0.05, 0) is 31.5 Å². The van der Waals surface area contributed by atoms with Gasteiger partial charge >= 0.3 is 0 Å². The molecule has 2 heterocycles. The largest absolute Gasteiger partial charge is 0.335 e. The predicted octanol–water partition coefficient (Wildman–Crippen LogP) is 2.48. The topological polar surface area (TPSA) is 51.0 Å². The molecule has 0 unspecified atom stereocenters. The summed E-state index contributed by atoms with van der Waals surface area (Å²) in [7, 11) is 0. The van der Waals surface area contributed by atoms with Crippen LogP contribution in [0.5, 0.6) is 0 Å². The minimum Gasteiger partial charge on any atom is -0.335 e. The standard InChI is InChI=1S/C18H18ClN3O/c1-12-7-8-17-21-14(9-18(23)22(17)11-12)10-20-13(2)15-5-3-4-6-16(15)19/h3-9,11,13,20H,10H2,1-2H3/p+1/t13-/m0/s1. The summed E-state index contributed by atoms with van der Waals surface area (Å²) in [4.78, 5) is 16.8. The molecule has 4 nitrogen and oxygen atoms in total. The van der Waals surface area contributed by atoms with Crippen LogP contribution in [-0.4, -0.2) is 9.38 Å². The Bertz CT molecular complexity index is 904. The second kappa shape index (κ2) is 6.52. The summed E-state index contributed by atoms with van der Waals surface area (Å²) >= 11 is 6.23. The Morgan fingerprint density at radius 3 is 2.83 bits per heavy atom. The zero-order chi connectivity index (χ0) is 16.4. The van der Waals surface area contributed by atoms with E-state index in [9.17, 15) is 4.79 Å². The van der Waals surface area contributed by atoms with Gasteiger partial charge < -0.3 is 5.32 Å². The number of rotatable bonds is 4. The van der Waals surface area contributed by atoms with E-state index in [1.807, 2.05) is 49.5 Å². The van der Waals surface area contributed by atoms with E-state index in [0.717, 1.165) is 21.8 Å². The number of nitrogens with zero attached hydrogens (tertiary/aromatic N) is 2. The van der Waals surface area contributed by atoms with Gasteiger partial charge in [0.2, 0.25) is 0 Å². The minimum atomic E-state index is -0.0486. The Hall–Kier alpha value is -2.17. The monoisotopic (exact) mass is 328 g/mol. The summed E-state index contributed by atoms with van der Waals surface area (Å²) in [5, 5.41) is 2.89. The molecule has 0 aliphatic carbocycles. The van der Waals surface area contributed by atoms with Gasteiger partial charge in [-0.3, -0.25) is 9.20 Å². The smallest absolute Gasteiger partial charge is 0.258 e. The molecule has 3 aromatic rings. The molecule has 118 valence electrons. The van der Waals surface area contributed by atoms with Crippen LogP contribution in [-0.2, 0) is 6.54 Å². The van der Waals surface area contributed by atoms with Gasteiger partial charge in [-0.1, -0.05) is 35.9 Å². The third kappa shape index (κ3) is 3.44. The third-order valence-corrected chi connectivity index (χ3v) is 4.28. The molecule has 0 fully saturated rings. The maximum atomic E-state index is 12.2. The Labute approximate surface area is 139 Å². The number of aromatic nitrogens is 2. The first-order valence-electron chi connectivity index (χ1n) is 7.61. The van der Waals surface area contributed by atoms with Gasteiger partial charge in [-0.15, -0.1) is 0 Å². The zero-order valence-electron chi connectivity index (χ0n) is 13.2. The molecule has 1 aromatic carbocycles. The SMILES string of the molecule is Cc1ccc2nc(C[NH2+][C@@H](C)c3ccccc3Cl)cc(=O)n2c1. The van der Waals surface area contributed by atoms with E-state index in [0.29, 0.717) is 12.2 Å². The lowest BCUT2D eigenvalue weighted by Crippen LogP contribution is -2.83. The molecule has 0 aliphatic rings. The minimum absolute atomic E-state index is 0.0486. The summed E-state index contributed by atoms with van der Waals surface area (Å²) in [6, 6.07) is 13.4. The van der Waals surface area contributed by atoms with E-state index in [4.69, 9.17) is 11.6 Å². The fourth-order valence-electron chi connectivity index (χ4n) is 2.63. The van der Waals surface area contributed by atoms with E-state index in [2.05, 4.69) is 17.2 Å². The van der Waals surface area contributed by atoms with Crippen molar-refractivity contribution in [3.8, 4) is 0 Å². The summed E-state index contributed by atoms with van der Waals surface area (Å²) in [6.45, 7) is 4.68. The van der Waals surface area contributed by atoms with Crippen LogP contribution >= 0.6 is 11.6 Å². The van der Waals surface area contributed by atoms with Crippen LogP contribution in [0.3, 0.4) is 0 Å². The number of benzene rings is 1. The summed E-state index contributed by atoms with van der Waals surface area (Å²) in [5.74, 6) is 0. The second-order valence-electron chi connectivity index (χ2n) is 5.77. The van der Waals surface area contributed by atoms with Crippen molar-refractivity contribution in [1.29, 1.82) is 0 Å². The van der Waals surface area contributed by atoms with Gasteiger partial charge in [0, 0.05) is 22.8 Å². The van der Waals surface area contributed by atoms with Crippen LogP contribution in [0.2, 0.25) is 5.02 Å². The van der Waals surface area contributed by atoms with Gasteiger partial charge in [-0.2, -0.15) is 0 Å². The molecule has 0 aliphatic heterocycles. The van der Waals surface area contributed by atoms with E-state index in [1.54, 1.807) is 10.5 Å². The van der Waals surface area contributed by atoms with Crippen LogP contribution in [0, 0.1) is 6.92 Å². The molecule has 23 heavy (non-hydrogen) atoms. The highest BCUT2D eigenvalue weighted by molar-refractivity contribution is 6.31. The average molecular weight is 329 g/mol. The summed E-state index contributed by atoms with van der Waals surface area (Å²) in [5.41, 5.74) is 3.53. The van der Waals surface area contributed by atoms with Gasteiger partial charge in [0.15, 0.2) is 0 Å². The van der Waals surface area contributed by atoms with Crippen molar-refractivity contribution in [2.75, 3.05) is 0 Å². The van der Waals surface area contributed by atoms with Crippen molar-refractivity contribution < 1.29 is 5.32 Å². The normalized spacial score (nSPS) is 12.5. The Kier molecular flexibility index (Phi) is 4.46. The second-order valence-corrected chi connectivity index (χ2v) is 6.18. The summed E-state index contributed by atoms with van der Waals surface area (Å²) < 4.78 is 1.58. The Balaban J connectivity index is 1.81. The number of halogens is 1. The van der Waals surface area contributed by atoms with Crippen molar-refractivity contribution in [1.82, 2.24) is 9.38 Å². The molecule has 2 N–H and O–H groups in total. The Morgan fingerprint density at radius 1 is 1.26 bits per heavy atom. The number of quaternary nitrogens is 1. The average Bonchev–Trinajstić information content (AvgIpc) is 2.54. The highest BCUT2D eigenvalue weighted by Crippen LogP contribution is 2.19. The molecule has 0 bridgehead atoms. The number of aryl methyl sites for hydroxylation is 1. The molecule has 5 heteroatoms. The summed E-state index contributed by atoms with van der Waals surface area (Å²) in [6.07, 6.45) is 1.81. The van der Waals surface area contributed by atoms with Gasteiger partial charge in [0.05, 0.1) is 0 Å². The highest BCUT2D eigenvalue weighted by atomic mass is 35.5. The van der Waals surface area contributed by atoms with E-state index in [1.165, 1.54) is 0 Å². The molecule has 0 spiro atoms. The first-order valence-corrected chi connectivity index (χ1v) is 7.99. The third-order valence-electron chi connectivity index (χ3n) is 3.94. The van der Waals surface area contributed by atoms with Crippen LogP contribution in [0.1, 0.15) is 29.8 Å². The van der Waals surface area contributed by atoms with Crippen LogP contribution in [0.25, 0.3) is 5.65 Å². The molecule has 0 radical (unpaired) electrons. The molecular weight excluding hydrogens is 310 g/mol. The van der Waals surface area contributed by atoms with E-state index in [-0.39, 0.29) is 11.6 Å². The van der Waals surface area contributed by atoms with Gasteiger partial charge in [0.1, 0.15) is 23.9 Å². The van der Waals surface area contributed by atoms with Gasteiger partial charge in [-0.25, -0.2) is 4.98 Å². The fourth-order valence-corrected chi connectivity index (χ4v) is 2.94. The number of hydrogen-bond acceptors (Lipinski definition) is 2.